The summed E-state index contributed by atoms with van der Waals surface area (Å²) in [5, 5.41) is 1.36. The molecule has 2 heterocycles. The molecular weight excluding hydrogens is 462 g/mol. The highest BCUT2D eigenvalue weighted by atomic mass is 79.9. The summed E-state index contributed by atoms with van der Waals surface area (Å²) in [6.45, 7) is 7.95. The van der Waals surface area contributed by atoms with Crippen molar-refractivity contribution < 1.29 is 19.0 Å². The van der Waals surface area contributed by atoms with Crippen LogP contribution in [-0.2, 0) is 4.74 Å². The molecule has 1 aromatic carbocycles. The molecule has 29 heavy (non-hydrogen) atoms. The molecule has 7 nitrogen and oxygen atoms in total. The van der Waals surface area contributed by atoms with Gasteiger partial charge >= 0.3 is 6.09 Å². The molecule has 1 fully saturated rings. The summed E-state index contributed by atoms with van der Waals surface area (Å²) >= 11 is 9.89. The SMILES string of the molecule is COc1cnc2c(OC)c(Br)c(Cl)cc2c1N1CCN(C(=O)OC(C)(C)C)CC1. The third kappa shape index (κ3) is 4.48. The molecule has 1 aliphatic heterocycles. The van der Waals surface area contributed by atoms with E-state index in [0.29, 0.717) is 52.7 Å². The predicted molar refractivity (Wildman–Crippen MR) is 118 cm³/mol. The van der Waals surface area contributed by atoms with Gasteiger partial charge in [-0.1, -0.05) is 11.6 Å². The van der Waals surface area contributed by atoms with Gasteiger partial charge in [0.05, 0.1) is 35.6 Å². The summed E-state index contributed by atoms with van der Waals surface area (Å²) in [4.78, 5) is 20.8. The lowest BCUT2D eigenvalue weighted by Crippen LogP contribution is -2.50. The number of benzene rings is 1. The van der Waals surface area contributed by atoms with Crippen LogP contribution in [0.4, 0.5) is 10.5 Å². The zero-order valence-corrected chi connectivity index (χ0v) is 19.6. The Labute approximate surface area is 184 Å². The van der Waals surface area contributed by atoms with Crippen LogP contribution in [0.25, 0.3) is 10.9 Å². The van der Waals surface area contributed by atoms with Gasteiger partial charge in [0.1, 0.15) is 11.1 Å². The second kappa shape index (κ2) is 8.44. The van der Waals surface area contributed by atoms with E-state index >= 15 is 0 Å². The molecule has 9 heteroatoms. The number of halogens is 2. The van der Waals surface area contributed by atoms with Gasteiger partial charge in [-0.2, -0.15) is 0 Å². The van der Waals surface area contributed by atoms with Gasteiger partial charge < -0.3 is 24.0 Å². The molecule has 0 radical (unpaired) electrons. The number of hydrogen-bond acceptors (Lipinski definition) is 6. The fraction of sp³-hybridized carbons (Fsp3) is 0.500. The first-order chi connectivity index (χ1) is 13.7. The van der Waals surface area contributed by atoms with E-state index < -0.39 is 5.60 Å². The van der Waals surface area contributed by atoms with Crippen LogP contribution >= 0.6 is 27.5 Å². The van der Waals surface area contributed by atoms with Crippen molar-refractivity contribution in [3.05, 3.63) is 21.8 Å². The van der Waals surface area contributed by atoms with Crippen LogP contribution in [0.1, 0.15) is 20.8 Å². The number of amides is 1. The minimum absolute atomic E-state index is 0.294. The number of anilines is 1. The molecule has 1 aromatic heterocycles. The number of rotatable bonds is 3. The van der Waals surface area contributed by atoms with Gasteiger partial charge in [0.25, 0.3) is 0 Å². The maximum Gasteiger partial charge on any atom is 0.410 e. The van der Waals surface area contributed by atoms with Crippen LogP contribution in [0.3, 0.4) is 0 Å². The number of hydrogen-bond donors (Lipinski definition) is 0. The fourth-order valence-corrected chi connectivity index (χ4v) is 3.98. The standard InChI is InChI=1S/C20H25BrClN3O4/c1-20(2,3)29-19(26)25-8-6-24(7-9-25)17-12-10-13(22)15(21)18(28-5)16(12)23-11-14(17)27-4/h10-11H,6-9H2,1-5H3. The van der Waals surface area contributed by atoms with Gasteiger partial charge in [-0.3, -0.25) is 0 Å². The fourth-order valence-electron chi connectivity index (χ4n) is 3.32. The van der Waals surface area contributed by atoms with E-state index in [1.165, 1.54) is 0 Å². The van der Waals surface area contributed by atoms with Crippen LogP contribution in [-0.4, -0.2) is 62.0 Å². The van der Waals surface area contributed by atoms with Crippen molar-refractivity contribution in [3.8, 4) is 11.5 Å². The number of ether oxygens (including phenoxy) is 3. The molecule has 1 aliphatic rings. The molecule has 1 saturated heterocycles. The zero-order valence-electron chi connectivity index (χ0n) is 17.2. The Hall–Kier alpha value is -1.93. The quantitative estimate of drug-likeness (QED) is 0.625. The van der Waals surface area contributed by atoms with Crippen molar-refractivity contribution in [2.45, 2.75) is 26.4 Å². The molecule has 158 valence electrons. The van der Waals surface area contributed by atoms with Crippen molar-refractivity contribution in [2.24, 2.45) is 0 Å². The zero-order chi connectivity index (χ0) is 21.3. The predicted octanol–water partition coefficient (Wildman–Crippen LogP) is 4.73. The van der Waals surface area contributed by atoms with Gasteiger partial charge in [0.15, 0.2) is 11.5 Å². The van der Waals surface area contributed by atoms with Gasteiger partial charge in [0.2, 0.25) is 0 Å². The smallest absolute Gasteiger partial charge is 0.410 e. The number of carbonyl (C=O) groups is 1. The Kier molecular flexibility index (Phi) is 6.33. The van der Waals surface area contributed by atoms with E-state index in [9.17, 15) is 4.79 Å². The number of methoxy groups -OCH3 is 2. The Balaban J connectivity index is 1.94. The maximum absolute atomic E-state index is 12.4. The summed E-state index contributed by atoms with van der Waals surface area (Å²) in [5.74, 6) is 1.22. The minimum Gasteiger partial charge on any atom is -0.493 e. The Morgan fingerprint density at radius 3 is 2.38 bits per heavy atom. The molecular formula is C20H25BrClN3O4. The first-order valence-electron chi connectivity index (χ1n) is 9.28. The number of aromatic nitrogens is 1. The third-order valence-corrected chi connectivity index (χ3v) is 5.93. The van der Waals surface area contributed by atoms with Crippen molar-refractivity contribution >= 4 is 50.2 Å². The van der Waals surface area contributed by atoms with Crippen molar-refractivity contribution in [3.63, 3.8) is 0 Å². The first-order valence-corrected chi connectivity index (χ1v) is 10.4. The summed E-state index contributed by atoms with van der Waals surface area (Å²) in [6.07, 6.45) is 1.39. The molecule has 0 unspecified atom stereocenters. The molecule has 0 spiro atoms. The van der Waals surface area contributed by atoms with E-state index in [4.69, 9.17) is 25.8 Å². The highest BCUT2D eigenvalue weighted by Crippen LogP contribution is 2.44. The average Bonchev–Trinajstić information content (AvgIpc) is 2.67. The van der Waals surface area contributed by atoms with Crippen LogP contribution in [0.5, 0.6) is 11.5 Å². The molecule has 0 N–H and O–H groups in total. The van der Waals surface area contributed by atoms with Gasteiger partial charge in [-0.15, -0.1) is 0 Å². The lowest BCUT2D eigenvalue weighted by atomic mass is 10.1. The highest BCUT2D eigenvalue weighted by molar-refractivity contribution is 9.10. The molecule has 2 aromatic rings. The summed E-state index contributed by atoms with van der Waals surface area (Å²) < 4.78 is 17.3. The van der Waals surface area contributed by atoms with E-state index in [0.717, 1.165) is 11.1 Å². The van der Waals surface area contributed by atoms with E-state index in [1.54, 1.807) is 25.3 Å². The monoisotopic (exact) mass is 485 g/mol. The minimum atomic E-state index is -0.514. The number of nitrogens with zero attached hydrogens (tertiary/aromatic N) is 3. The van der Waals surface area contributed by atoms with E-state index in [-0.39, 0.29) is 6.09 Å². The molecule has 0 aliphatic carbocycles. The van der Waals surface area contributed by atoms with Crippen LogP contribution in [0, 0.1) is 0 Å². The van der Waals surface area contributed by atoms with Crippen LogP contribution in [0.15, 0.2) is 16.7 Å². The van der Waals surface area contributed by atoms with E-state index in [2.05, 4.69) is 25.8 Å². The Morgan fingerprint density at radius 2 is 1.83 bits per heavy atom. The van der Waals surface area contributed by atoms with Gasteiger partial charge in [-0.25, -0.2) is 9.78 Å². The second-order valence-corrected chi connectivity index (χ2v) is 8.93. The Morgan fingerprint density at radius 1 is 1.17 bits per heavy atom. The van der Waals surface area contributed by atoms with Gasteiger partial charge in [0, 0.05) is 31.6 Å². The average molecular weight is 487 g/mol. The summed E-state index contributed by atoms with van der Waals surface area (Å²) in [5.41, 5.74) is 1.06. The molecule has 3 rings (SSSR count). The Bertz CT molecular complexity index is 924. The molecule has 1 amide bonds. The largest absolute Gasteiger partial charge is 0.493 e. The third-order valence-electron chi connectivity index (χ3n) is 4.62. The van der Waals surface area contributed by atoms with E-state index in [1.807, 2.05) is 26.8 Å². The van der Waals surface area contributed by atoms with Gasteiger partial charge in [-0.05, 0) is 42.8 Å². The van der Waals surface area contributed by atoms with Crippen molar-refractivity contribution in [2.75, 3.05) is 45.3 Å². The number of piperazine rings is 1. The molecule has 0 bridgehead atoms. The number of pyridine rings is 1. The molecule has 0 saturated carbocycles. The normalized spacial score (nSPS) is 14.9. The summed E-state index contributed by atoms with van der Waals surface area (Å²) in [7, 11) is 3.20. The van der Waals surface area contributed by atoms with Crippen molar-refractivity contribution in [1.29, 1.82) is 0 Å². The second-order valence-electron chi connectivity index (χ2n) is 7.73. The van der Waals surface area contributed by atoms with Crippen LogP contribution < -0.4 is 14.4 Å². The van der Waals surface area contributed by atoms with Crippen LogP contribution in [0.2, 0.25) is 5.02 Å². The lowest BCUT2D eigenvalue weighted by molar-refractivity contribution is 0.0240. The number of fused-ring (bicyclic) bond motifs is 1. The summed E-state index contributed by atoms with van der Waals surface area (Å²) in [6, 6.07) is 1.86. The topological polar surface area (TPSA) is 64.1 Å². The molecule has 0 atom stereocenters. The number of carbonyl (C=O) groups excluding carboxylic acids is 1. The highest BCUT2D eigenvalue weighted by Gasteiger charge is 2.28. The maximum atomic E-state index is 12.4. The van der Waals surface area contributed by atoms with Crippen molar-refractivity contribution in [1.82, 2.24) is 9.88 Å². The first kappa shape index (κ1) is 21.8. The lowest BCUT2D eigenvalue weighted by Gasteiger charge is -2.37.